The molecule has 0 aliphatic rings. The lowest BCUT2D eigenvalue weighted by molar-refractivity contribution is -0.117. The first-order valence-electron chi connectivity index (χ1n) is 42.5. The topological polar surface area (TPSA) is 512 Å². The van der Waals surface area contributed by atoms with Crippen molar-refractivity contribution < 1.29 is 111 Å². The fourth-order valence-electron chi connectivity index (χ4n) is 13.4. The Bertz CT molecular complexity index is 7190. The Morgan fingerprint density at radius 3 is 1.26 bits per heavy atom. The van der Waals surface area contributed by atoms with Gasteiger partial charge in [-0.3, -0.25) is 43.2 Å². The predicted molar refractivity (Wildman–Crippen MR) is 535 cm³/mol. The summed E-state index contributed by atoms with van der Waals surface area (Å²) < 4.78 is 130. The van der Waals surface area contributed by atoms with E-state index in [2.05, 4.69) is 42.5 Å². The first kappa shape index (κ1) is 109. The Morgan fingerprint density at radius 2 is 0.779 bits per heavy atom. The van der Waals surface area contributed by atoms with Crippen molar-refractivity contribution in [3.8, 4) is 40.2 Å². The minimum atomic E-state index is -4.01. The summed E-state index contributed by atoms with van der Waals surface area (Å²) in [4.78, 5) is 112. The molecule has 0 saturated carbocycles. The van der Waals surface area contributed by atoms with Crippen LogP contribution in [0.4, 0.5) is 49.9 Å². The van der Waals surface area contributed by atoms with E-state index in [9.17, 15) is 102 Å². The summed E-state index contributed by atoms with van der Waals surface area (Å²) in [5.74, 6) is -8.03. The highest BCUT2D eigenvalue weighted by molar-refractivity contribution is 7.93. The van der Waals surface area contributed by atoms with Crippen LogP contribution >= 0.6 is 34.8 Å². The molecule has 4 unspecified atom stereocenters. The minimum Gasteiger partial charge on any atom is -0.506 e. The number of amides is 9. The summed E-state index contributed by atoms with van der Waals surface area (Å²) >= 11 is 18.1. The number of nitrogens with one attached hydrogen (secondary N) is 8. The number of methoxy groups -OCH3 is 1. The lowest BCUT2D eigenvalue weighted by Crippen LogP contribution is -2.39. The van der Waals surface area contributed by atoms with Crippen molar-refractivity contribution in [2.24, 2.45) is 11.7 Å². The van der Waals surface area contributed by atoms with Crippen molar-refractivity contribution >= 4 is 173 Å². The maximum atomic E-state index is 14.2. The molecule has 0 bridgehead atoms. The number of anilines is 8. The average Bonchev–Trinajstić information content (AvgIpc) is 0.814. The van der Waals surface area contributed by atoms with Crippen LogP contribution in [0.25, 0.3) is 0 Å². The molecule has 0 aliphatic heterocycles. The molecule has 9 amide bonds. The van der Waals surface area contributed by atoms with Crippen molar-refractivity contribution in [3.63, 3.8) is 0 Å². The number of ether oxygens (including phenoxy) is 2. The quantitative estimate of drug-likeness (QED) is 0.0186. The van der Waals surface area contributed by atoms with Crippen LogP contribution < -0.4 is 57.7 Å². The number of carbonyl (C=O) groups is 9. The van der Waals surface area contributed by atoms with Gasteiger partial charge in [0.2, 0.25) is 35.4 Å². The number of benzene rings is 12. The number of nitrogens with two attached hydrogens (primary N) is 1. The van der Waals surface area contributed by atoms with Crippen molar-refractivity contribution in [2.45, 2.75) is 130 Å². The molecular formula is C100H99Cl3FN9O23S4. The molecule has 734 valence electrons. The van der Waals surface area contributed by atoms with Crippen molar-refractivity contribution in [1.29, 1.82) is 0 Å². The van der Waals surface area contributed by atoms with Crippen LogP contribution in [0.3, 0.4) is 0 Å². The predicted octanol–water partition coefficient (Wildman–Crippen LogP) is 18.4. The molecule has 0 radical (unpaired) electrons. The third-order valence-electron chi connectivity index (χ3n) is 21.0. The lowest BCUT2D eigenvalue weighted by atomic mass is 10.1. The van der Waals surface area contributed by atoms with E-state index in [4.69, 9.17) is 50.0 Å². The van der Waals surface area contributed by atoms with Crippen LogP contribution in [0.1, 0.15) is 124 Å². The number of hydrogen-bond donors (Lipinski definition) is 13. The largest absolute Gasteiger partial charge is 0.506 e. The molecular weight excluding hydrogens is 1950 g/mol. The second-order valence-corrected chi connectivity index (χ2v) is 41.9. The smallest absolute Gasteiger partial charge is 0.255 e. The van der Waals surface area contributed by atoms with Gasteiger partial charge in [-0.15, -0.1) is 0 Å². The molecule has 40 heteroatoms. The van der Waals surface area contributed by atoms with Crippen LogP contribution in [0, 0.1) is 46.4 Å². The molecule has 0 saturated heterocycles. The molecule has 0 aliphatic carbocycles. The van der Waals surface area contributed by atoms with Gasteiger partial charge in [0.15, 0.2) is 45.1 Å². The van der Waals surface area contributed by atoms with Gasteiger partial charge in [0, 0.05) is 71.3 Å². The first-order chi connectivity index (χ1) is 65.9. The minimum absolute atomic E-state index is 0.00242. The zero-order valence-electron chi connectivity index (χ0n) is 77.2. The highest BCUT2D eigenvalue weighted by Gasteiger charge is 2.39. The van der Waals surface area contributed by atoms with Gasteiger partial charge in [0.25, 0.3) is 17.7 Å². The van der Waals surface area contributed by atoms with Gasteiger partial charge in [-0.25, -0.2) is 38.1 Å². The number of hydrogen-bond acceptors (Lipinski definition) is 23. The lowest BCUT2D eigenvalue weighted by Gasteiger charge is -2.21. The number of sulfone groups is 4. The van der Waals surface area contributed by atoms with E-state index in [0.717, 1.165) is 46.0 Å². The highest BCUT2D eigenvalue weighted by atomic mass is 35.5. The van der Waals surface area contributed by atoms with Crippen LogP contribution in [0.15, 0.2) is 262 Å². The summed E-state index contributed by atoms with van der Waals surface area (Å²) in [6, 6.07) is 59.0. The van der Waals surface area contributed by atoms with E-state index in [0.29, 0.717) is 17.1 Å². The number of rotatable bonds is 30. The van der Waals surface area contributed by atoms with E-state index in [1.165, 1.54) is 155 Å². The molecule has 12 aromatic carbocycles. The number of aryl methyl sites for hydroxylation is 5. The van der Waals surface area contributed by atoms with Gasteiger partial charge in [0.1, 0.15) is 61.3 Å². The SMILES string of the molecule is CCC(C(=O)Nc1cc(O)c(NC(=O)c2ccc(Cl)c(Cl)c2)cc1Cl)S(=O)(=O)c1cccc(C)c1.CCC(C(=O)Nc1cc(O)c(NC(C)=O)cc1F)S(=O)(=O)c1ccc(C)cc1.COc1ccc(Oc2cc(NC(=O)c3ccc(C)cc3)c(O)cc2NC(=O)C(C)S(=O)(=O)c2ccc(C)cc2)cc1.Cc1cccc(S(=O)(=O)C(C(=O)Nc2ccc(NC(=O)c3ccc(C(N)=O)cc3)c(O)c2)C(C)C)c1. The van der Waals surface area contributed by atoms with E-state index in [1.54, 1.807) is 139 Å². The van der Waals surface area contributed by atoms with Crippen LogP contribution in [0.5, 0.6) is 40.2 Å². The summed E-state index contributed by atoms with van der Waals surface area (Å²) in [7, 11) is -14.4. The molecule has 0 aromatic heterocycles. The van der Waals surface area contributed by atoms with Crippen molar-refractivity contribution in [3.05, 3.63) is 314 Å². The molecule has 12 rings (SSSR count). The van der Waals surface area contributed by atoms with Gasteiger partial charge < -0.3 is 78.2 Å². The molecule has 0 heterocycles. The van der Waals surface area contributed by atoms with E-state index in [1.807, 2.05) is 13.8 Å². The van der Waals surface area contributed by atoms with Gasteiger partial charge in [-0.1, -0.05) is 140 Å². The van der Waals surface area contributed by atoms with Gasteiger partial charge in [-0.05, 0) is 217 Å². The Labute approximate surface area is 822 Å². The van der Waals surface area contributed by atoms with Crippen LogP contribution in [-0.4, -0.2) is 135 Å². The zero-order chi connectivity index (χ0) is 103. The van der Waals surface area contributed by atoms with Crippen molar-refractivity contribution in [2.75, 3.05) is 49.6 Å². The monoisotopic (exact) mass is 2050 g/mol. The standard InChI is InChI=1S/C31H30N2O7S.C26H27N3O6S.C24H21Cl3N2O5S.C19H21FN2O5S/c1-19-5-9-22(10-6-19)31(36)32-26-18-29(40-24-13-11-23(39-4)12-14-24)27(17-28(26)34)33-30(35)21(3)41(37,38)25-15-7-20(2)8-16-25;1-15(2)23(36(34,35)20-6-4-5-16(3)13-20)26(33)28-19-11-12-21(22(30)14-19)29-25(32)18-9-7-17(8-10-18)24(27)31;1-3-22(35(33,34)15-6-4-5-13(2)9-15)24(32)28-19-12-21(30)20(11-18(19)27)29-23(31)14-7-8-16(25)17(26)10-14;1-4-18(28(26,27)13-7-5-11(2)6-8-13)19(25)22-15-10-17(24)16(9-14(15)20)21-12(3)23/h5-18,21,34H,1-4H3,(H,32,36)(H,33,35);4-15,23,30H,1-3H3,(H2,27,31)(H,28,33)(H,29,32);4-12,22,30H,3H2,1-2H3,(H,28,32)(H,29,31);5-10,18,24H,4H2,1-3H3,(H,21,23)(H,22,25). The number of carbonyl (C=O) groups excluding carboxylic acids is 9. The Morgan fingerprint density at radius 1 is 0.364 bits per heavy atom. The Balaban J connectivity index is 0.000000210. The zero-order valence-corrected chi connectivity index (χ0v) is 82.7. The van der Waals surface area contributed by atoms with Gasteiger partial charge in [0.05, 0.1) is 81.6 Å². The van der Waals surface area contributed by atoms with E-state index >= 15 is 0 Å². The van der Waals surface area contributed by atoms with Crippen LogP contribution in [-0.2, 0) is 63.3 Å². The van der Waals surface area contributed by atoms with Gasteiger partial charge in [-0.2, -0.15) is 0 Å². The van der Waals surface area contributed by atoms with E-state index < -0.39 is 142 Å². The fourth-order valence-corrected chi connectivity index (χ4v) is 20.5. The molecule has 12 aromatic rings. The molecule has 0 spiro atoms. The highest BCUT2D eigenvalue weighted by Crippen LogP contribution is 2.42. The number of aromatic hydroxyl groups is 4. The molecule has 14 N–H and O–H groups in total. The normalized spacial score (nSPS) is 12.1. The Hall–Kier alpha value is -14.7. The average molecular weight is 2050 g/mol. The number of phenols is 4. The summed E-state index contributed by atoms with van der Waals surface area (Å²) in [5, 5.41) is 55.9. The molecule has 0 fully saturated rings. The second kappa shape index (κ2) is 47.6. The molecule has 140 heavy (non-hydrogen) atoms. The maximum absolute atomic E-state index is 14.2. The summed E-state index contributed by atoms with van der Waals surface area (Å²) in [6.07, 6.45) is -0.0108. The second-order valence-electron chi connectivity index (χ2n) is 32.1. The fraction of sp³-hybridized carbons (Fsp3) is 0.190. The number of halogens is 4. The Kier molecular flexibility index (Phi) is 37.0. The van der Waals surface area contributed by atoms with Crippen LogP contribution in [0.2, 0.25) is 15.1 Å². The molecule has 4 atom stereocenters. The van der Waals surface area contributed by atoms with Gasteiger partial charge >= 0.3 is 0 Å². The van der Waals surface area contributed by atoms with E-state index in [-0.39, 0.29) is 121 Å². The summed E-state index contributed by atoms with van der Waals surface area (Å²) in [5.41, 5.74) is 10.1. The third-order valence-corrected chi connectivity index (χ3v) is 30.9. The molecule has 32 nitrogen and oxygen atoms in total. The number of primary amides is 1. The van der Waals surface area contributed by atoms with Crippen molar-refractivity contribution in [1.82, 2.24) is 0 Å². The first-order valence-corrected chi connectivity index (χ1v) is 49.8. The maximum Gasteiger partial charge on any atom is 0.255 e. The number of phenolic OH excluding ortho intramolecular Hbond substituents is 4. The third kappa shape index (κ3) is 28.3. The summed E-state index contributed by atoms with van der Waals surface area (Å²) in [6.45, 7) is 17.9.